The number of carbonyl (C=O) groups excluding carboxylic acids is 1. The standard InChI is InChI=1S/C30H28F4N6O3/c1-3-26-36-17-37-27(39-26)23-7-4-10-35-29(23)43-21-8-9-25(31)24(15-21)28(41)38-19-12-18(30(32,33)34)13-22(14-19)42-16-20-6-5-11-40(20)2/h4,7-10,12-15,17,20H,3,5-6,11,16H2,1-2H3,(H,38,41)/t20-/m0/s1. The molecule has 13 heteroatoms. The Morgan fingerprint density at radius 2 is 1.93 bits per heavy atom. The molecule has 1 atom stereocenters. The summed E-state index contributed by atoms with van der Waals surface area (Å²) in [5, 5.41) is 2.36. The van der Waals surface area contributed by atoms with Gasteiger partial charge >= 0.3 is 6.18 Å². The van der Waals surface area contributed by atoms with Gasteiger partial charge in [-0.25, -0.2) is 24.3 Å². The summed E-state index contributed by atoms with van der Waals surface area (Å²) in [7, 11) is 1.93. The minimum Gasteiger partial charge on any atom is -0.492 e. The summed E-state index contributed by atoms with van der Waals surface area (Å²) in [4.78, 5) is 32.0. The fourth-order valence-electron chi connectivity index (χ4n) is 4.63. The van der Waals surface area contributed by atoms with Crippen molar-refractivity contribution >= 4 is 11.6 Å². The summed E-state index contributed by atoms with van der Waals surface area (Å²) in [5.74, 6) is -0.896. The molecule has 0 saturated carbocycles. The van der Waals surface area contributed by atoms with E-state index in [2.05, 4.69) is 30.2 Å². The number of aromatic nitrogens is 4. The Balaban J connectivity index is 1.37. The first kappa shape index (κ1) is 29.8. The number of rotatable bonds is 9. The number of likely N-dealkylation sites (tertiary alicyclic amines) is 1. The van der Waals surface area contributed by atoms with Crippen molar-refractivity contribution in [2.75, 3.05) is 25.5 Å². The second-order valence-corrected chi connectivity index (χ2v) is 9.96. The van der Waals surface area contributed by atoms with Gasteiger partial charge in [0.1, 0.15) is 36.1 Å². The van der Waals surface area contributed by atoms with Crippen molar-refractivity contribution in [1.29, 1.82) is 0 Å². The molecule has 4 aromatic rings. The maximum atomic E-state index is 14.8. The number of benzene rings is 2. The van der Waals surface area contributed by atoms with Crippen LogP contribution in [0.15, 0.2) is 61.1 Å². The number of amides is 1. The molecule has 1 aliphatic rings. The molecule has 0 spiro atoms. The Morgan fingerprint density at radius 1 is 1.09 bits per heavy atom. The molecular formula is C30H28F4N6O3. The predicted octanol–water partition coefficient (Wildman–Crippen LogP) is 6.17. The van der Waals surface area contributed by atoms with Crippen LogP contribution in [-0.2, 0) is 12.6 Å². The summed E-state index contributed by atoms with van der Waals surface area (Å²) < 4.78 is 67.3. The van der Waals surface area contributed by atoms with Gasteiger partial charge in [0.05, 0.1) is 16.7 Å². The number of nitrogens with zero attached hydrogens (tertiary/aromatic N) is 5. The van der Waals surface area contributed by atoms with E-state index in [9.17, 15) is 22.4 Å². The van der Waals surface area contributed by atoms with Crippen molar-refractivity contribution in [2.45, 2.75) is 38.4 Å². The number of pyridine rings is 1. The van der Waals surface area contributed by atoms with E-state index in [1.54, 1.807) is 12.1 Å². The smallest absolute Gasteiger partial charge is 0.416 e. The van der Waals surface area contributed by atoms with E-state index in [0.29, 0.717) is 23.6 Å². The number of anilines is 1. The molecule has 0 bridgehead atoms. The second-order valence-electron chi connectivity index (χ2n) is 9.96. The van der Waals surface area contributed by atoms with E-state index in [0.717, 1.165) is 43.7 Å². The van der Waals surface area contributed by atoms with Crippen LogP contribution in [0.1, 0.15) is 41.5 Å². The van der Waals surface area contributed by atoms with Crippen LogP contribution in [0.25, 0.3) is 11.4 Å². The summed E-state index contributed by atoms with van der Waals surface area (Å²) >= 11 is 0. The molecule has 2 aromatic carbocycles. The van der Waals surface area contributed by atoms with Crippen molar-refractivity contribution in [3.8, 4) is 28.8 Å². The van der Waals surface area contributed by atoms with Crippen LogP contribution < -0.4 is 14.8 Å². The lowest BCUT2D eigenvalue weighted by Crippen LogP contribution is -2.30. The van der Waals surface area contributed by atoms with Gasteiger partial charge < -0.3 is 19.7 Å². The molecule has 1 N–H and O–H groups in total. The highest BCUT2D eigenvalue weighted by atomic mass is 19.4. The van der Waals surface area contributed by atoms with Crippen LogP contribution in [0.2, 0.25) is 0 Å². The van der Waals surface area contributed by atoms with E-state index in [1.807, 2.05) is 14.0 Å². The molecule has 0 radical (unpaired) electrons. The highest BCUT2D eigenvalue weighted by molar-refractivity contribution is 6.04. The van der Waals surface area contributed by atoms with Gasteiger partial charge in [0.2, 0.25) is 5.88 Å². The van der Waals surface area contributed by atoms with Gasteiger partial charge in [-0.15, -0.1) is 0 Å². The van der Waals surface area contributed by atoms with E-state index >= 15 is 0 Å². The Hall–Kier alpha value is -4.65. The maximum absolute atomic E-state index is 14.8. The molecule has 1 saturated heterocycles. The first-order valence-corrected chi connectivity index (χ1v) is 13.6. The summed E-state index contributed by atoms with van der Waals surface area (Å²) in [6, 6.07) is 9.80. The molecule has 1 fully saturated rings. The third kappa shape index (κ3) is 7.23. The molecule has 2 aromatic heterocycles. The van der Waals surface area contributed by atoms with Crippen LogP contribution in [0.3, 0.4) is 0 Å². The molecule has 224 valence electrons. The van der Waals surface area contributed by atoms with Gasteiger partial charge in [-0.2, -0.15) is 13.2 Å². The number of carbonyl (C=O) groups is 1. The van der Waals surface area contributed by atoms with Crippen molar-refractivity contribution < 1.29 is 31.8 Å². The number of likely N-dealkylation sites (N-methyl/N-ethyl adjacent to an activating group) is 1. The number of alkyl halides is 3. The molecule has 43 heavy (non-hydrogen) atoms. The summed E-state index contributed by atoms with van der Waals surface area (Å²) in [5.41, 5.74) is -1.22. The normalized spacial score (nSPS) is 15.3. The number of hydrogen-bond acceptors (Lipinski definition) is 8. The second kappa shape index (κ2) is 12.7. The van der Waals surface area contributed by atoms with Crippen molar-refractivity contribution in [2.24, 2.45) is 0 Å². The highest BCUT2D eigenvalue weighted by Crippen LogP contribution is 2.35. The van der Waals surface area contributed by atoms with Crippen LogP contribution in [0.5, 0.6) is 17.4 Å². The lowest BCUT2D eigenvalue weighted by atomic mass is 10.1. The van der Waals surface area contributed by atoms with Crippen molar-refractivity contribution in [3.63, 3.8) is 0 Å². The molecule has 0 unspecified atom stereocenters. The quantitative estimate of drug-likeness (QED) is 0.229. The van der Waals surface area contributed by atoms with Gasteiger partial charge in [-0.1, -0.05) is 6.92 Å². The Kier molecular flexibility index (Phi) is 8.81. The van der Waals surface area contributed by atoms with Crippen LogP contribution in [0.4, 0.5) is 23.2 Å². The average molecular weight is 597 g/mol. The summed E-state index contributed by atoms with van der Waals surface area (Å²) in [6.07, 6.45) is 0.581. The SMILES string of the molecule is CCc1ncnc(-c2cccnc2Oc2ccc(F)c(C(=O)Nc3cc(OC[C@@H]4CCCN4C)cc(C(F)(F)F)c3)c2)n1. The molecule has 3 heterocycles. The number of ether oxygens (including phenoxy) is 2. The van der Waals surface area contributed by atoms with Crippen LogP contribution >= 0.6 is 0 Å². The lowest BCUT2D eigenvalue weighted by Gasteiger charge is -2.20. The zero-order valence-electron chi connectivity index (χ0n) is 23.4. The zero-order valence-corrected chi connectivity index (χ0v) is 23.4. The third-order valence-electron chi connectivity index (χ3n) is 6.95. The van der Waals surface area contributed by atoms with E-state index in [4.69, 9.17) is 9.47 Å². The van der Waals surface area contributed by atoms with Crippen molar-refractivity contribution in [1.82, 2.24) is 24.8 Å². The van der Waals surface area contributed by atoms with E-state index in [-0.39, 0.29) is 35.7 Å². The summed E-state index contributed by atoms with van der Waals surface area (Å²) in [6.45, 7) is 2.97. The largest absolute Gasteiger partial charge is 0.492 e. The Bertz CT molecular complexity index is 1620. The lowest BCUT2D eigenvalue weighted by molar-refractivity contribution is -0.137. The highest BCUT2D eigenvalue weighted by Gasteiger charge is 2.32. The first-order chi connectivity index (χ1) is 20.6. The Morgan fingerprint density at radius 3 is 2.67 bits per heavy atom. The van der Waals surface area contributed by atoms with Gasteiger partial charge in [-0.3, -0.25) is 4.79 Å². The minimum absolute atomic E-state index is 0.0600. The fourth-order valence-corrected chi connectivity index (χ4v) is 4.63. The van der Waals surface area contributed by atoms with E-state index < -0.39 is 29.0 Å². The van der Waals surface area contributed by atoms with Gasteiger partial charge in [0.15, 0.2) is 5.82 Å². The van der Waals surface area contributed by atoms with Crippen LogP contribution in [0, 0.1) is 5.82 Å². The monoisotopic (exact) mass is 596 g/mol. The van der Waals surface area contributed by atoms with E-state index in [1.165, 1.54) is 24.7 Å². The minimum atomic E-state index is -4.70. The predicted molar refractivity (Wildman–Crippen MR) is 149 cm³/mol. The molecule has 1 amide bonds. The molecule has 5 rings (SSSR count). The third-order valence-corrected chi connectivity index (χ3v) is 6.95. The number of nitrogens with one attached hydrogen (secondary N) is 1. The number of halogens is 4. The molecule has 1 aliphatic heterocycles. The maximum Gasteiger partial charge on any atom is 0.416 e. The zero-order chi connectivity index (χ0) is 30.6. The molecule has 9 nitrogen and oxygen atoms in total. The first-order valence-electron chi connectivity index (χ1n) is 13.6. The molecule has 0 aliphatic carbocycles. The fraction of sp³-hybridized carbons (Fsp3) is 0.300. The average Bonchev–Trinajstić information content (AvgIpc) is 3.41. The number of hydrogen-bond donors (Lipinski definition) is 1. The topological polar surface area (TPSA) is 102 Å². The Labute approximate surface area is 244 Å². The number of aryl methyl sites for hydroxylation is 1. The van der Waals surface area contributed by atoms with Gasteiger partial charge in [0.25, 0.3) is 5.91 Å². The van der Waals surface area contributed by atoms with Crippen LogP contribution in [-0.4, -0.2) is 57.0 Å². The van der Waals surface area contributed by atoms with Gasteiger partial charge in [0, 0.05) is 30.4 Å². The molecular weight excluding hydrogens is 568 g/mol. The van der Waals surface area contributed by atoms with Gasteiger partial charge in [-0.05, 0) is 68.9 Å². The van der Waals surface area contributed by atoms with Crippen molar-refractivity contribution in [3.05, 3.63) is 83.8 Å².